The molecule has 2 heterocycles. The van der Waals surface area contributed by atoms with E-state index in [1.807, 2.05) is 18.4 Å². The first kappa shape index (κ1) is 16.0. The van der Waals surface area contributed by atoms with E-state index in [1.54, 1.807) is 11.3 Å². The van der Waals surface area contributed by atoms with E-state index < -0.39 is 0 Å². The quantitative estimate of drug-likeness (QED) is 0.606. The van der Waals surface area contributed by atoms with E-state index in [2.05, 4.69) is 57.6 Å². The second-order valence-electron chi connectivity index (χ2n) is 5.10. The van der Waals surface area contributed by atoms with Crippen molar-refractivity contribution in [3.8, 4) is 0 Å². The van der Waals surface area contributed by atoms with Crippen molar-refractivity contribution in [3.63, 3.8) is 0 Å². The molecule has 0 amide bonds. The highest BCUT2D eigenvalue weighted by Crippen LogP contribution is 2.13. The summed E-state index contributed by atoms with van der Waals surface area (Å²) in [5.41, 5.74) is 0. The van der Waals surface area contributed by atoms with Crippen molar-refractivity contribution in [1.82, 2.24) is 10.6 Å². The van der Waals surface area contributed by atoms with Crippen LogP contribution < -0.4 is 10.6 Å². The SMILES string of the molecule is CN=C(NCCc1cccs1)NCC(C)Cc1cccs1. The first-order valence-electron chi connectivity index (χ1n) is 7.27. The normalized spacial score (nSPS) is 13.1. The van der Waals surface area contributed by atoms with Crippen LogP contribution in [0.2, 0.25) is 0 Å². The predicted molar refractivity (Wildman–Crippen MR) is 94.6 cm³/mol. The number of nitrogens with zero attached hydrogens (tertiary/aromatic N) is 1. The lowest BCUT2D eigenvalue weighted by Crippen LogP contribution is -2.40. The van der Waals surface area contributed by atoms with Gasteiger partial charge in [0.2, 0.25) is 0 Å². The van der Waals surface area contributed by atoms with Gasteiger partial charge in [-0.15, -0.1) is 22.7 Å². The van der Waals surface area contributed by atoms with Crippen LogP contribution in [-0.2, 0) is 12.8 Å². The number of hydrogen-bond acceptors (Lipinski definition) is 3. The molecule has 2 aromatic heterocycles. The summed E-state index contributed by atoms with van der Waals surface area (Å²) >= 11 is 3.63. The van der Waals surface area contributed by atoms with Crippen LogP contribution in [0.3, 0.4) is 0 Å². The van der Waals surface area contributed by atoms with Crippen LogP contribution >= 0.6 is 22.7 Å². The van der Waals surface area contributed by atoms with Gasteiger partial charge >= 0.3 is 0 Å². The minimum atomic E-state index is 0.597. The highest BCUT2D eigenvalue weighted by atomic mass is 32.1. The lowest BCUT2D eigenvalue weighted by Gasteiger charge is -2.15. The monoisotopic (exact) mass is 321 g/mol. The largest absolute Gasteiger partial charge is 0.356 e. The number of rotatable bonds is 7. The van der Waals surface area contributed by atoms with E-state index >= 15 is 0 Å². The number of hydrogen-bond donors (Lipinski definition) is 2. The number of thiophene rings is 2. The molecular formula is C16H23N3S2. The molecule has 0 saturated heterocycles. The van der Waals surface area contributed by atoms with E-state index in [4.69, 9.17) is 0 Å². The third-order valence-corrected chi connectivity index (χ3v) is 5.05. The zero-order chi connectivity index (χ0) is 14.9. The Morgan fingerprint density at radius 1 is 1.14 bits per heavy atom. The molecule has 0 radical (unpaired) electrons. The maximum atomic E-state index is 4.28. The minimum Gasteiger partial charge on any atom is -0.356 e. The molecule has 2 N–H and O–H groups in total. The fourth-order valence-corrected chi connectivity index (χ4v) is 3.67. The molecule has 21 heavy (non-hydrogen) atoms. The van der Waals surface area contributed by atoms with Gasteiger partial charge in [-0.05, 0) is 41.7 Å². The van der Waals surface area contributed by atoms with Crippen molar-refractivity contribution in [2.45, 2.75) is 19.8 Å². The van der Waals surface area contributed by atoms with Crippen molar-refractivity contribution in [3.05, 3.63) is 44.8 Å². The summed E-state index contributed by atoms with van der Waals surface area (Å²) in [7, 11) is 1.82. The maximum absolute atomic E-state index is 4.28. The molecule has 2 rings (SSSR count). The second-order valence-corrected chi connectivity index (χ2v) is 7.16. The Morgan fingerprint density at radius 2 is 1.86 bits per heavy atom. The van der Waals surface area contributed by atoms with Crippen LogP contribution in [0.25, 0.3) is 0 Å². The third-order valence-electron chi connectivity index (χ3n) is 3.22. The maximum Gasteiger partial charge on any atom is 0.190 e. The molecule has 2 aromatic rings. The van der Waals surface area contributed by atoms with Crippen LogP contribution in [0, 0.1) is 5.92 Å². The van der Waals surface area contributed by atoms with Gasteiger partial charge in [-0.2, -0.15) is 0 Å². The summed E-state index contributed by atoms with van der Waals surface area (Å²) in [5, 5.41) is 11.0. The molecule has 114 valence electrons. The summed E-state index contributed by atoms with van der Waals surface area (Å²) in [5.74, 6) is 1.49. The standard InChI is InChI=1S/C16H23N3S2/c1-13(11-15-6-4-10-21-15)12-19-16(17-2)18-8-7-14-5-3-9-20-14/h3-6,9-10,13H,7-8,11-12H2,1-2H3,(H2,17,18,19). The topological polar surface area (TPSA) is 36.4 Å². The Hall–Kier alpha value is -1.33. The molecule has 0 spiro atoms. The fraction of sp³-hybridized carbons (Fsp3) is 0.438. The summed E-state index contributed by atoms with van der Waals surface area (Å²) in [6, 6.07) is 8.59. The molecule has 0 aromatic carbocycles. The summed E-state index contributed by atoms with van der Waals surface area (Å²) < 4.78 is 0. The Balaban J connectivity index is 1.65. The summed E-state index contributed by atoms with van der Waals surface area (Å²) in [4.78, 5) is 7.13. The Kier molecular flexibility index (Phi) is 6.76. The van der Waals surface area contributed by atoms with Crippen LogP contribution in [0.1, 0.15) is 16.7 Å². The van der Waals surface area contributed by atoms with E-state index in [0.29, 0.717) is 5.92 Å². The van der Waals surface area contributed by atoms with Gasteiger partial charge in [0, 0.05) is 29.9 Å². The van der Waals surface area contributed by atoms with Crippen molar-refractivity contribution in [2.24, 2.45) is 10.9 Å². The van der Waals surface area contributed by atoms with Gasteiger partial charge in [-0.3, -0.25) is 4.99 Å². The van der Waals surface area contributed by atoms with Crippen molar-refractivity contribution < 1.29 is 0 Å². The molecule has 0 aliphatic heterocycles. The Morgan fingerprint density at radius 3 is 2.48 bits per heavy atom. The number of aliphatic imine (C=N–C) groups is 1. The highest BCUT2D eigenvalue weighted by Gasteiger charge is 2.06. The molecule has 1 atom stereocenters. The first-order valence-corrected chi connectivity index (χ1v) is 9.03. The minimum absolute atomic E-state index is 0.597. The fourth-order valence-electron chi connectivity index (χ4n) is 2.09. The Bertz CT molecular complexity index is 518. The molecule has 0 aliphatic rings. The van der Waals surface area contributed by atoms with Crippen molar-refractivity contribution in [1.29, 1.82) is 0 Å². The molecule has 1 unspecified atom stereocenters. The van der Waals surface area contributed by atoms with Crippen LogP contribution in [-0.4, -0.2) is 26.1 Å². The average molecular weight is 322 g/mol. The summed E-state index contributed by atoms with van der Waals surface area (Å²) in [6.45, 7) is 4.13. The van der Waals surface area contributed by atoms with Crippen molar-refractivity contribution in [2.75, 3.05) is 20.1 Å². The molecule has 3 nitrogen and oxygen atoms in total. The van der Waals surface area contributed by atoms with Crippen LogP contribution in [0.15, 0.2) is 40.0 Å². The molecule has 0 bridgehead atoms. The lowest BCUT2D eigenvalue weighted by atomic mass is 10.1. The van der Waals surface area contributed by atoms with Gasteiger partial charge in [-0.1, -0.05) is 19.1 Å². The molecular weight excluding hydrogens is 298 g/mol. The van der Waals surface area contributed by atoms with Gasteiger partial charge < -0.3 is 10.6 Å². The van der Waals surface area contributed by atoms with Crippen LogP contribution in [0.4, 0.5) is 0 Å². The zero-order valence-corrected chi connectivity index (χ0v) is 14.3. The van der Waals surface area contributed by atoms with E-state index in [9.17, 15) is 0 Å². The first-order chi connectivity index (χ1) is 10.3. The molecule has 0 saturated carbocycles. The van der Waals surface area contributed by atoms with Crippen molar-refractivity contribution >= 4 is 28.6 Å². The van der Waals surface area contributed by atoms with Gasteiger partial charge in [0.15, 0.2) is 5.96 Å². The van der Waals surface area contributed by atoms with Gasteiger partial charge in [-0.25, -0.2) is 0 Å². The summed E-state index contributed by atoms with van der Waals surface area (Å²) in [6.07, 6.45) is 2.17. The zero-order valence-electron chi connectivity index (χ0n) is 12.6. The third kappa shape index (κ3) is 5.89. The lowest BCUT2D eigenvalue weighted by molar-refractivity contribution is 0.562. The molecule has 0 aliphatic carbocycles. The highest BCUT2D eigenvalue weighted by molar-refractivity contribution is 7.10. The van der Waals surface area contributed by atoms with Gasteiger partial charge in [0.1, 0.15) is 0 Å². The smallest absolute Gasteiger partial charge is 0.190 e. The number of guanidine groups is 1. The molecule has 5 heteroatoms. The van der Waals surface area contributed by atoms with Gasteiger partial charge in [0.25, 0.3) is 0 Å². The van der Waals surface area contributed by atoms with E-state index in [1.165, 1.54) is 9.75 Å². The Labute approximate surface area is 135 Å². The van der Waals surface area contributed by atoms with E-state index in [0.717, 1.165) is 31.9 Å². The molecule has 0 fully saturated rings. The predicted octanol–water partition coefficient (Wildman–Crippen LogP) is 3.40. The second kappa shape index (κ2) is 8.85. The number of nitrogens with one attached hydrogen (secondary N) is 2. The van der Waals surface area contributed by atoms with Crippen LogP contribution in [0.5, 0.6) is 0 Å². The van der Waals surface area contributed by atoms with Gasteiger partial charge in [0.05, 0.1) is 0 Å². The van der Waals surface area contributed by atoms with E-state index in [-0.39, 0.29) is 0 Å². The average Bonchev–Trinajstić information content (AvgIpc) is 3.16.